The van der Waals surface area contributed by atoms with Crippen LogP contribution in [0.2, 0.25) is 0 Å². The van der Waals surface area contributed by atoms with E-state index in [1.54, 1.807) is 6.20 Å². The van der Waals surface area contributed by atoms with Gasteiger partial charge in [-0.05, 0) is 18.6 Å². The molecule has 0 aliphatic carbocycles. The third-order valence-corrected chi connectivity index (χ3v) is 2.76. The Kier molecular flexibility index (Phi) is 2.33. The molecule has 5 heteroatoms. The molecule has 0 atom stereocenters. The van der Waals surface area contributed by atoms with Crippen molar-refractivity contribution in [2.24, 2.45) is 0 Å². The van der Waals surface area contributed by atoms with Gasteiger partial charge in [0, 0.05) is 18.3 Å². The van der Waals surface area contributed by atoms with E-state index in [-0.39, 0.29) is 0 Å². The number of aromatic nitrogens is 3. The number of nitrogens with zero attached hydrogens (tertiary/aromatic N) is 2. The number of H-pyrrole nitrogens is 1. The van der Waals surface area contributed by atoms with Crippen LogP contribution in [0, 0.1) is 18.6 Å². The zero-order valence-corrected chi connectivity index (χ0v) is 9.54. The Balaban J connectivity index is 2.23. The Morgan fingerprint density at radius 3 is 2.72 bits per heavy atom. The van der Waals surface area contributed by atoms with Crippen LogP contribution >= 0.6 is 0 Å². The molecule has 3 rings (SSSR count). The van der Waals surface area contributed by atoms with Crippen molar-refractivity contribution in [1.29, 1.82) is 0 Å². The maximum Gasteiger partial charge on any atom is 0.161 e. The average molecular weight is 245 g/mol. The lowest BCUT2D eigenvalue weighted by atomic mass is 10.2. The van der Waals surface area contributed by atoms with Crippen molar-refractivity contribution in [2.75, 3.05) is 0 Å². The first-order chi connectivity index (χ1) is 8.65. The summed E-state index contributed by atoms with van der Waals surface area (Å²) < 4.78 is 26.2. The van der Waals surface area contributed by atoms with Crippen molar-refractivity contribution >= 4 is 11.0 Å². The van der Waals surface area contributed by atoms with Crippen LogP contribution in [0.1, 0.15) is 5.56 Å². The van der Waals surface area contributed by atoms with E-state index < -0.39 is 11.6 Å². The summed E-state index contributed by atoms with van der Waals surface area (Å²) in [5, 5.41) is 0. The highest BCUT2D eigenvalue weighted by molar-refractivity contribution is 5.79. The first-order valence-corrected chi connectivity index (χ1v) is 5.42. The highest BCUT2D eigenvalue weighted by Gasteiger charge is 2.11. The molecule has 0 amide bonds. The molecule has 0 radical (unpaired) electrons. The van der Waals surface area contributed by atoms with Crippen molar-refractivity contribution in [2.45, 2.75) is 6.92 Å². The summed E-state index contributed by atoms with van der Waals surface area (Å²) in [6.45, 7) is 1.90. The zero-order valence-electron chi connectivity index (χ0n) is 9.54. The lowest BCUT2D eigenvalue weighted by Gasteiger charge is -1.98. The first kappa shape index (κ1) is 10.8. The minimum absolute atomic E-state index is 0.383. The van der Waals surface area contributed by atoms with Crippen molar-refractivity contribution in [1.82, 2.24) is 15.0 Å². The largest absolute Gasteiger partial charge is 0.337 e. The van der Waals surface area contributed by atoms with E-state index in [4.69, 9.17) is 0 Å². The monoisotopic (exact) mass is 245 g/mol. The highest BCUT2D eigenvalue weighted by atomic mass is 19.2. The molecule has 1 aromatic carbocycles. The molecule has 0 aliphatic heterocycles. The molecule has 2 aromatic heterocycles. The Hall–Kier alpha value is -2.30. The molecular weight excluding hydrogens is 236 g/mol. The van der Waals surface area contributed by atoms with Crippen molar-refractivity contribution in [3.05, 3.63) is 47.7 Å². The lowest BCUT2D eigenvalue weighted by Crippen LogP contribution is -1.88. The molecule has 0 fully saturated rings. The number of aryl methyl sites for hydroxylation is 1. The predicted molar refractivity (Wildman–Crippen MR) is 64.0 cm³/mol. The fourth-order valence-electron chi connectivity index (χ4n) is 1.85. The Labute approximate surface area is 102 Å². The maximum absolute atomic E-state index is 13.1. The quantitative estimate of drug-likeness (QED) is 0.715. The SMILES string of the molecule is Cc1cccnc1-c1nc2cc(F)c(F)cc2[nH]1. The molecule has 0 aliphatic rings. The van der Waals surface area contributed by atoms with Gasteiger partial charge in [0.15, 0.2) is 17.5 Å². The number of aromatic amines is 1. The van der Waals surface area contributed by atoms with Gasteiger partial charge in [0.25, 0.3) is 0 Å². The molecule has 18 heavy (non-hydrogen) atoms. The molecule has 0 saturated carbocycles. The van der Waals surface area contributed by atoms with Crippen LogP contribution in [0.3, 0.4) is 0 Å². The summed E-state index contributed by atoms with van der Waals surface area (Å²) in [4.78, 5) is 11.4. The van der Waals surface area contributed by atoms with E-state index in [0.29, 0.717) is 22.6 Å². The summed E-state index contributed by atoms with van der Waals surface area (Å²) >= 11 is 0. The van der Waals surface area contributed by atoms with Gasteiger partial charge in [-0.2, -0.15) is 0 Å². The molecule has 3 aromatic rings. The van der Waals surface area contributed by atoms with Gasteiger partial charge >= 0.3 is 0 Å². The number of fused-ring (bicyclic) bond motifs is 1. The summed E-state index contributed by atoms with van der Waals surface area (Å²) in [7, 11) is 0. The minimum Gasteiger partial charge on any atom is -0.337 e. The van der Waals surface area contributed by atoms with Gasteiger partial charge in [-0.3, -0.25) is 4.98 Å². The van der Waals surface area contributed by atoms with Gasteiger partial charge in [-0.15, -0.1) is 0 Å². The van der Waals surface area contributed by atoms with E-state index in [9.17, 15) is 8.78 Å². The minimum atomic E-state index is -0.904. The van der Waals surface area contributed by atoms with Crippen LogP contribution in [-0.4, -0.2) is 15.0 Å². The summed E-state index contributed by atoms with van der Waals surface area (Å²) in [6.07, 6.45) is 1.65. The number of imidazole rings is 1. The second-order valence-corrected chi connectivity index (χ2v) is 4.04. The predicted octanol–water partition coefficient (Wildman–Crippen LogP) is 3.21. The van der Waals surface area contributed by atoms with E-state index in [2.05, 4.69) is 15.0 Å². The van der Waals surface area contributed by atoms with Gasteiger partial charge in [-0.1, -0.05) is 6.07 Å². The molecule has 0 spiro atoms. The second-order valence-electron chi connectivity index (χ2n) is 4.04. The fraction of sp³-hybridized carbons (Fsp3) is 0.0769. The van der Waals surface area contributed by atoms with E-state index >= 15 is 0 Å². The molecular formula is C13H9F2N3. The van der Waals surface area contributed by atoms with Gasteiger partial charge in [0.2, 0.25) is 0 Å². The Morgan fingerprint density at radius 1 is 1.17 bits per heavy atom. The Bertz CT molecular complexity index is 695. The molecule has 3 nitrogen and oxygen atoms in total. The van der Waals surface area contributed by atoms with Crippen molar-refractivity contribution in [3.63, 3.8) is 0 Å². The number of hydrogen-bond acceptors (Lipinski definition) is 2. The van der Waals surface area contributed by atoms with Crippen molar-refractivity contribution in [3.8, 4) is 11.5 Å². The summed E-state index contributed by atoms with van der Waals surface area (Å²) in [6, 6.07) is 5.89. The smallest absolute Gasteiger partial charge is 0.161 e. The van der Waals surface area contributed by atoms with Crippen molar-refractivity contribution < 1.29 is 8.78 Å². The topological polar surface area (TPSA) is 41.6 Å². The number of nitrogens with one attached hydrogen (secondary N) is 1. The second kappa shape index (κ2) is 3.87. The van der Waals surface area contributed by atoms with Gasteiger partial charge in [-0.25, -0.2) is 13.8 Å². The molecule has 0 unspecified atom stereocenters. The standard InChI is InChI=1S/C13H9F2N3/c1-7-3-2-4-16-12(7)13-17-10-5-8(14)9(15)6-11(10)18-13/h2-6H,1H3,(H,17,18). The van der Waals surface area contributed by atoms with Gasteiger partial charge in [0.05, 0.1) is 11.0 Å². The summed E-state index contributed by atoms with van der Waals surface area (Å²) in [5.41, 5.74) is 2.45. The zero-order chi connectivity index (χ0) is 12.7. The molecule has 0 saturated heterocycles. The number of pyridine rings is 1. The van der Waals surface area contributed by atoms with Gasteiger partial charge < -0.3 is 4.98 Å². The van der Waals surface area contributed by atoms with E-state index in [1.165, 1.54) is 0 Å². The number of rotatable bonds is 1. The first-order valence-electron chi connectivity index (χ1n) is 5.42. The van der Waals surface area contributed by atoms with Crippen LogP contribution in [0.25, 0.3) is 22.6 Å². The molecule has 0 bridgehead atoms. The van der Waals surface area contributed by atoms with Crippen LogP contribution < -0.4 is 0 Å². The number of hydrogen-bond donors (Lipinski definition) is 1. The molecule has 90 valence electrons. The van der Waals surface area contributed by atoms with E-state index in [1.807, 2.05) is 19.1 Å². The Morgan fingerprint density at radius 2 is 1.94 bits per heavy atom. The lowest BCUT2D eigenvalue weighted by molar-refractivity contribution is 0.510. The van der Waals surface area contributed by atoms with Crippen LogP contribution in [0.15, 0.2) is 30.5 Å². The third kappa shape index (κ3) is 1.64. The normalized spacial score (nSPS) is 11.1. The highest BCUT2D eigenvalue weighted by Crippen LogP contribution is 2.22. The van der Waals surface area contributed by atoms with Crippen LogP contribution in [0.4, 0.5) is 8.78 Å². The van der Waals surface area contributed by atoms with E-state index in [0.717, 1.165) is 17.7 Å². The van der Waals surface area contributed by atoms with Gasteiger partial charge in [0.1, 0.15) is 5.69 Å². The number of halogens is 2. The number of benzene rings is 1. The molecule has 2 heterocycles. The summed E-state index contributed by atoms with van der Waals surface area (Å²) in [5.74, 6) is -1.29. The van der Waals surface area contributed by atoms with Crippen LogP contribution in [0.5, 0.6) is 0 Å². The van der Waals surface area contributed by atoms with Crippen LogP contribution in [-0.2, 0) is 0 Å². The fourth-order valence-corrected chi connectivity index (χ4v) is 1.85. The average Bonchev–Trinajstić information content (AvgIpc) is 2.73. The maximum atomic E-state index is 13.1. The third-order valence-electron chi connectivity index (χ3n) is 2.76. The molecule has 1 N–H and O–H groups in total.